The molecule has 0 aliphatic heterocycles. The second-order valence-corrected chi connectivity index (χ2v) is 3.67. The number of para-hydroxylation sites is 1. The van der Waals surface area contributed by atoms with Gasteiger partial charge in [0.1, 0.15) is 0 Å². The molecule has 1 N–H and O–H groups in total. The molecule has 0 spiro atoms. The van der Waals surface area contributed by atoms with Crippen LogP contribution in [0.15, 0.2) is 29.2 Å². The fraction of sp³-hybridized carbons (Fsp3) is 0.455. The number of rotatable bonds is 6. The zero-order valence-corrected chi connectivity index (χ0v) is 9.56. The fourth-order valence-electron chi connectivity index (χ4n) is 1.19. The van der Waals surface area contributed by atoms with Crippen molar-refractivity contribution in [3.8, 4) is 0 Å². The van der Waals surface area contributed by atoms with Crippen LogP contribution in [-0.4, -0.2) is 26.0 Å². The molecule has 0 bridgehead atoms. The molecule has 0 aliphatic carbocycles. The SMILES string of the molecule is CCOCCNc1ccccc1SC. The third-order valence-electron chi connectivity index (χ3n) is 1.87. The number of ether oxygens (including phenoxy) is 1. The predicted molar refractivity (Wildman–Crippen MR) is 63.2 cm³/mol. The van der Waals surface area contributed by atoms with Crippen molar-refractivity contribution < 1.29 is 4.74 Å². The first-order valence-electron chi connectivity index (χ1n) is 4.83. The molecule has 3 heteroatoms. The Balaban J connectivity index is 2.41. The molecule has 0 saturated carbocycles. The summed E-state index contributed by atoms with van der Waals surface area (Å²) in [4.78, 5) is 1.28. The largest absolute Gasteiger partial charge is 0.382 e. The molecule has 1 rings (SSSR count). The van der Waals surface area contributed by atoms with Gasteiger partial charge in [-0.15, -0.1) is 11.8 Å². The van der Waals surface area contributed by atoms with Gasteiger partial charge in [-0.25, -0.2) is 0 Å². The van der Waals surface area contributed by atoms with E-state index in [1.165, 1.54) is 10.6 Å². The Bertz CT molecular complexity index is 265. The molecule has 0 atom stereocenters. The van der Waals surface area contributed by atoms with Crippen LogP contribution in [0, 0.1) is 0 Å². The van der Waals surface area contributed by atoms with Gasteiger partial charge >= 0.3 is 0 Å². The minimum absolute atomic E-state index is 0.763. The summed E-state index contributed by atoms with van der Waals surface area (Å²) in [5, 5.41) is 3.35. The van der Waals surface area contributed by atoms with Gasteiger partial charge in [-0.05, 0) is 25.3 Å². The molecule has 0 saturated heterocycles. The van der Waals surface area contributed by atoms with Crippen molar-refractivity contribution in [3.63, 3.8) is 0 Å². The summed E-state index contributed by atoms with van der Waals surface area (Å²) < 4.78 is 5.26. The van der Waals surface area contributed by atoms with E-state index >= 15 is 0 Å². The first-order valence-corrected chi connectivity index (χ1v) is 6.05. The van der Waals surface area contributed by atoms with E-state index in [4.69, 9.17) is 4.74 Å². The Morgan fingerprint density at radius 1 is 1.36 bits per heavy atom. The van der Waals surface area contributed by atoms with Crippen LogP contribution in [0.3, 0.4) is 0 Å². The Kier molecular flexibility index (Phi) is 5.49. The summed E-state index contributed by atoms with van der Waals surface area (Å²) in [6.07, 6.45) is 2.09. The van der Waals surface area contributed by atoms with Gasteiger partial charge in [-0.1, -0.05) is 12.1 Å². The second-order valence-electron chi connectivity index (χ2n) is 2.82. The molecular formula is C11H17NOS. The Hall–Kier alpha value is -0.670. The summed E-state index contributed by atoms with van der Waals surface area (Å²) in [6.45, 7) is 4.42. The molecule has 1 aromatic carbocycles. The van der Waals surface area contributed by atoms with E-state index in [2.05, 4.69) is 29.8 Å². The molecule has 1 aromatic rings. The van der Waals surface area contributed by atoms with E-state index in [0.29, 0.717) is 0 Å². The van der Waals surface area contributed by atoms with Gasteiger partial charge in [0.25, 0.3) is 0 Å². The molecule has 78 valence electrons. The average molecular weight is 211 g/mol. The molecule has 2 nitrogen and oxygen atoms in total. The Labute approximate surface area is 90.0 Å². The molecule has 0 heterocycles. The Morgan fingerprint density at radius 3 is 2.86 bits per heavy atom. The zero-order chi connectivity index (χ0) is 10.2. The lowest BCUT2D eigenvalue weighted by Gasteiger charge is -2.09. The molecule has 0 aromatic heterocycles. The third kappa shape index (κ3) is 3.60. The summed E-state index contributed by atoms with van der Waals surface area (Å²) in [5.41, 5.74) is 1.19. The normalized spacial score (nSPS) is 10.1. The lowest BCUT2D eigenvalue weighted by molar-refractivity contribution is 0.158. The number of anilines is 1. The highest BCUT2D eigenvalue weighted by atomic mass is 32.2. The molecule has 0 amide bonds. The predicted octanol–water partition coefficient (Wildman–Crippen LogP) is 2.86. The molecule has 0 aliphatic rings. The fourth-order valence-corrected chi connectivity index (χ4v) is 1.77. The zero-order valence-electron chi connectivity index (χ0n) is 8.75. The number of thioether (sulfide) groups is 1. The minimum atomic E-state index is 0.763. The third-order valence-corrected chi connectivity index (χ3v) is 2.67. The summed E-state index contributed by atoms with van der Waals surface area (Å²) in [7, 11) is 0. The van der Waals surface area contributed by atoms with Crippen molar-refractivity contribution in [2.24, 2.45) is 0 Å². The maximum Gasteiger partial charge on any atom is 0.0638 e. The van der Waals surface area contributed by atoms with E-state index in [9.17, 15) is 0 Å². The summed E-state index contributed by atoms with van der Waals surface area (Å²) in [5.74, 6) is 0. The van der Waals surface area contributed by atoms with Crippen LogP contribution >= 0.6 is 11.8 Å². The molecule has 0 fully saturated rings. The van der Waals surface area contributed by atoms with E-state index in [1.807, 2.05) is 13.0 Å². The highest BCUT2D eigenvalue weighted by Gasteiger charge is 1.97. The first kappa shape index (κ1) is 11.4. The maximum absolute atomic E-state index is 5.26. The van der Waals surface area contributed by atoms with Crippen molar-refractivity contribution in [1.29, 1.82) is 0 Å². The molecule has 0 unspecified atom stereocenters. The van der Waals surface area contributed by atoms with Gasteiger partial charge in [0, 0.05) is 23.7 Å². The average Bonchev–Trinajstić information content (AvgIpc) is 2.25. The minimum Gasteiger partial charge on any atom is -0.382 e. The smallest absolute Gasteiger partial charge is 0.0638 e. The van der Waals surface area contributed by atoms with Gasteiger partial charge < -0.3 is 10.1 Å². The van der Waals surface area contributed by atoms with E-state index in [1.54, 1.807) is 11.8 Å². The number of hydrogen-bond donors (Lipinski definition) is 1. The molecular weight excluding hydrogens is 194 g/mol. The monoisotopic (exact) mass is 211 g/mol. The molecule has 0 radical (unpaired) electrons. The standard InChI is InChI=1S/C11H17NOS/c1-3-13-9-8-12-10-6-4-5-7-11(10)14-2/h4-7,12H,3,8-9H2,1-2H3. The van der Waals surface area contributed by atoms with E-state index < -0.39 is 0 Å². The van der Waals surface area contributed by atoms with Gasteiger partial charge in [-0.2, -0.15) is 0 Å². The highest BCUT2D eigenvalue weighted by molar-refractivity contribution is 7.98. The lowest BCUT2D eigenvalue weighted by atomic mass is 10.3. The van der Waals surface area contributed by atoms with Gasteiger partial charge in [0.15, 0.2) is 0 Å². The molecule has 14 heavy (non-hydrogen) atoms. The van der Waals surface area contributed by atoms with Crippen LogP contribution in [0.1, 0.15) is 6.92 Å². The van der Waals surface area contributed by atoms with Crippen LogP contribution < -0.4 is 5.32 Å². The van der Waals surface area contributed by atoms with Crippen LogP contribution in [0.2, 0.25) is 0 Å². The van der Waals surface area contributed by atoms with Crippen LogP contribution in [-0.2, 0) is 4.74 Å². The van der Waals surface area contributed by atoms with Gasteiger partial charge in [-0.3, -0.25) is 0 Å². The van der Waals surface area contributed by atoms with Crippen molar-refractivity contribution >= 4 is 17.4 Å². The van der Waals surface area contributed by atoms with E-state index in [0.717, 1.165) is 19.8 Å². The summed E-state index contributed by atoms with van der Waals surface area (Å²) >= 11 is 1.76. The number of benzene rings is 1. The highest BCUT2D eigenvalue weighted by Crippen LogP contribution is 2.24. The van der Waals surface area contributed by atoms with Gasteiger partial charge in [0.2, 0.25) is 0 Å². The first-order chi connectivity index (χ1) is 6.88. The quantitative estimate of drug-likeness (QED) is 0.577. The van der Waals surface area contributed by atoms with Crippen molar-refractivity contribution in [2.45, 2.75) is 11.8 Å². The topological polar surface area (TPSA) is 21.3 Å². The Morgan fingerprint density at radius 2 is 2.14 bits per heavy atom. The van der Waals surface area contributed by atoms with Crippen molar-refractivity contribution in [2.75, 3.05) is 31.3 Å². The number of nitrogens with one attached hydrogen (secondary N) is 1. The van der Waals surface area contributed by atoms with E-state index in [-0.39, 0.29) is 0 Å². The van der Waals surface area contributed by atoms with Crippen LogP contribution in [0.4, 0.5) is 5.69 Å². The number of hydrogen-bond acceptors (Lipinski definition) is 3. The van der Waals surface area contributed by atoms with Gasteiger partial charge in [0.05, 0.1) is 6.61 Å². The summed E-state index contributed by atoms with van der Waals surface area (Å²) in [6, 6.07) is 8.31. The van der Waals surface area contributed by atoms with Crippen LogP contribution in [0.25, 0.3) is 0 Å². The van der Waals surface area contributed by atoms with Crippen molar-refractivity contribution in [1.82, 2.24) is 0 Å². The van der Waals surface area contributed by atoms with Crippen molar-refractivity contribution in [3.05, 3.63) is 24.3 Å². The maximum atomic E-state index is 5.26. The lowest BCUT2D eigenvalue weighted by Crippen LogP contribution is -2.09. The second kappa shape index (κ2) is 6.74. The van der Waals surface area contributed by atoms with Crippen LogP contribution in [0.5, 0.6) is 0 Å².